The monoisotopic (exact) mass is 467 g/mol. The van der Waals surface area contributed by atoms with Gasteiger partial charge in [-0.3, -0.25) is 4.79 Å². The van der Waals surface area contributed by atoms with Crippen LogP contribution in [0, 0.1) is 0 Å². The number of thioether (sulfide) groups is 2. The third-order valence-electron chi connectivity index (χ3n) is 4.83. The van der Waals surface area contributed by atoms with Crippen LogP contribution in [0.15, 0.2) is 72.8 Å². The van der Waals surface area contributed by atoms with Gasteiger partial charge in [0, 0.05) is 17.2 Å². The van der Waals surface area contributed by atoms with Gasteiger partial charge in [-0.15, -0.1) is 23.5 Å². The molecule has 1 heterocycles. The minimum absolute atomic E-state index is 0.102. The van der Waals surface area contributed by atoms with Gasteiger partial charge in [-0.2, -0.15) is 0 Å². The number of anilines is 1. The van der Waals surface area contributed by atoms with Crippen molar-refractivity contribution in [3.8, 4) is 17.2 Å². The SMILES string of the molecule is COc1cc(C2SCCS2)ccc1OCC(=O)Nc1ccc(OCc2ccccc2)cc1. The van der Waals surface area contributed by atoms with Crippen molar-refractivity contribution in [3.63, 3.8) is 0 Å². The molecule has 1 N–H and O–H groups in total. The Morgan fingerprint density at radius 2 is 1.69 bits per heavy atom. The van der Waals surface area contributed by atoms with Gasteiger partial charge >= 0.3 is 0 Å². The zero-order valence-corrected chi connectivity index (χ0v) is 19.4. The van der Waals surface area contributed by atoms with E-state index in [1.807, 2.05) is 96.3 Å². The Labute approximate surface area is 196 Å². The molecule has 1 aliphatic heterocycles. The lowest BCUT2D eigenvalue weighted by Crippen LogP contribution is -2.20. The van der Waals surface area contributed by atoms with Gasteiger partial charge in [-0.1, -0.05) is 36.4 Å². The largest absolute Gasteiger partial charge is 0.493 e. The maximum atomic E-state index is 12.3. The highest BCUT2D eigenvalue weighted by Gasteiger charge is 2.20. The van der Waals surface area contributed by atoms with Gasteiger partial charge in [0.15, 0.2) is 18.1 Å². The lowest BCUT2D eigenvalue weighted by Gasteiger charge is -2.14. The molecule has 0 spiro atoms. The van der Waals surface area contributed by atoms with E-state index in [2.05, 4.69) is 5.32 Å². The highest BCUT2D eigenvalue weighted by molar-refractivity contribution is 8.19. The number of benzene rings is 3. The van der Waals surface area contributed by atoms with Crippen LogP contribution in [0.25, 0.3) is 0 Å². The van der Waals surface area contributed by atoms with Gasteiger partial charge in [0.05, 0.1) is 11.7 Å². The highest BCUT2D eigenvalue weighted by atomic mass is 32.2. The lowest BCUT2D eigenvalue weighted by atomic mass is 10.2. The van der Waals surface area contributed by atoms with E-state index >= 15 is 0 Å². The second-order valence-electron chi connectivity index (χ2n) is 7.12. The number of hydrogen-bond donors (Lipinski definition) is 1. The van der Waals surface area contributed by atoms with Crippen LogP contribution in [0.3, 0.4) is 0 Å². The predicted octanol–water partition coefficient (Wildman–Crippen LogP) is 5.77. The number of carbonyl (C=O) groups is 1. The Morgan fingerprint density at radius 1 is 0.938 bits per heavy atom. The van der Waals surface area contributed by atoms with Crippen molar-refractivity contribution < 1.29 is 19.0 Å². The zero-order valence-electron chi connectivity index (χ0n) is 17.8. The zero-order chi connectivity index (χ0) is 22.2. The molecule has 0 aromatic heterocycles. The van der Waals surface area contributed by atoms with Gasteiger partial charge < -0.3 is 19.5 Å². The van der Waals surface area contributed by atoms with E-state index in [1.54, 1.807) is 7.11 Å². The Morgan fingerprint density at radius 3 is 2.41 bits per heavy atom. The fraction of sp³-hybridized carbons (Fsp3) is 0.240. The van der Waals surface area contributed by atoms with Crippen LogP contribution < -0.4 is 19.5 Å². The molecule has 0 aliphatic carbocycles. The Balaban J connectivity index is 1.27. The summed E-state index contributed by atoms with van der Waals surface area (Å²) in [4.78, 5) is 12.3. The molecule has 1 aliphatic rings. The molecule has 166 valence electrons. The fourth-order valence-electron chi connectivity index (χ4n) is 3.22. The Kier molecular flexibility index (Phi) is 7.85. The molecule has 0 unspecified atom stereocenters. The van der Waals surface area contributed by atoms with Crippen molar-refractivity contribution in [2.75, 3.05) is 30.5 Å². The fourth-order valence-corrected chi connectivity index (χ4v) is 6.05. The summed E-state index contributed by atoms with van der Waals surface area (Å²) in [6, 6.07) is 23.2. The number of amides is 1. The summed E-state index contributed by atoms with van der Waals surface area (Å²) in [5.74, 6) is 4.03. The summed E-state index contributed by atoms with van der Waals surface area (Å²) in [6.45, 7) is 0.397. The third-order valence-corrected chi connectivity index (χ3v) is 7.93. The topological polar surface area (TPSA) is 56.8 Å². The number of carbonyl (C=O) groups excluding carboxylic acids is 1. The maximum Gasteiger partial charge on any atom is 0.262 e. The quantitative estimate of drug-likeness (QED) is 0.431. The standard InChI is InChI=1S/C25H25NO4S2/c1-28-23-15-19(25-31-13-14-32-25)7-12-22(23)30-17-24(27)26-20-8-10-21(11-9-20)29-16-18-5-3-2-4-6-18/h2-12,15,25H,13-14,16-17H2,1H3,(H,26,27). The Hall–Kier alpha value is -2.77. The van der Waals surface area contributed by atoms with Gasteiger partial charge in [-0.05, 0) is 47.5 Å². The highest BCUT2D eigenvalue weighted by Crippen LogP contribution is 2.46. The van der Waals surface area contributed by atoms with Gasteiger partial charge in [0.25, 0.3) is 5.91 Å². The van der Waals surface area contributed by atoms with E-state index in [9.17, 15) is 4.79 Å². The minimum atomic E-state index is -0.240. The molecule has 32 heavy (non-hydrogen) atoms. The van der Waals surface area contributed by atoms with Crippen molar-refractivity contribution >= 4 is 35.1 Å². The summed E-state index contributed by atoms with van der Waals surface area (Å²) >= 11 is 3.87. The van der Waals surface area contributed by atoms with Crippen LogP contribution in [-0.2, 0) is 11.4 Å². The number of rotatable bonds is 9. The van der Waals surface area contributed by atoms with Gasteiger partial charge in [0.1, 0.15) is 12.4 Å². The Bertz CT molecular complexity index is 1020. The van der Waals surface area contributed by atoms with Gasteiger partial charge in [0.2, 0.25) is 0 Å². The first kappa shape index (κ1) is 22.4. The molecule has 1 fully saturated rings. The number of methoxy groups -OCH3 is 1. The smallest absolute Gasteiger partial charge is 0.262 e. The molecule has 0 bridgehead atoms. The van der Waals surface area contributed by atoms with Gasteiger partial charge in [-0.25, -0.2) is 0 Å². The molecular formula is C25H25NO4S2. The van der Waals surface area contributed by atoms with E-state index in [1.165, 1.54) is 5.56 Å². The van der Waals surface area contributed by atoms with Crippen molar-refractivity contribution in [2.45, 2.75) is 11.2 Å². The van der Waals surface area contributed by atoms with Crippen LogP contribution in [0.4, 0.5) is 5.69 Å². The van der Waals surface area contributed by atoms with Crippen molar-refractivity contribution in [1.29, 1.82) is 0 Å². The molecule has 0 radical (unpaired) electrons. The van der Waals surface area contributed by atoms with E-state index in [4.69, 9.17) is 14.2 Å². The molecule has 0 saturated carbocycles. The maximum absolute atomic E-state index is 12.3. The van der Waals surface area contributed by atoms with Crippen molar-refractivity contribution in [3.05, 3.63) is 83.9 Å². The van der Waals surface area contributed by atoms with Crippen molar-refractivity contribution in [1.82, 2.24) is 0 Å². The minimum Gasteiger partial charge on any atom is -0.493 e. The molecule has 4 rings (SSSR count). The first-order valence-corrected chi connectivity index (χ1v) is 12.4. The van der Waals surface area contributed by atoms with E-state index in [-0.39, 0.29) is 12.5 Å². The third kappa shape index (κ3) is 6.14. The molecule has 0 atom stereocenters. The van der Waals surface area contributed by atoms with Crippen LogP contribution in [0.2, 0.25) is 0 Å². The van der Waals surface area contributed by atoms with Crippen LogP contribution in [0.1, 0.15) is 15.7 Å². The normalized spacial score (nSPS) is 13.5. The van der Waals surface area contributed by atoms with Crippen LogP contribution in [-0.4, -0.2) is 31.1 Å². The predicted molar refractivity (Wildman–Crippen MR) is 132 cm³/mol. The second-order valence-corrected chi connectivity index (χ2v) is 9.84. The van der Waals surface area contributed by atoms with Crippen LogP contribution >= 0.6 is 23.5 Å². The first-order chi connectivity index (χ1) is 15.7. The number of hydrogen-bond acceptors (Lipinski definition) is 6. The summed E-state index contributed by atoms with van der Waals surface area (Å²) in [5.41, 5.74) is 3.00. The average Bonchev–Trinajstić information content (AvgIpc) is 3.38. The summed E-state index contributed by atoms with van der Waals surface area (Å²) < 4.78 is 17.4. The molecule has 1 amide bonds. The van der Waals surface area contributed by atoms with E-state index in [0.29, 0.717) is 28.4 Å². The lowest BCUT2D eigenvalue weighted by molar-refractivity contribution is -0.118. The molecule has 3 aromatic rings. The molecule has 1 saturated heterocycles. The second kappa shape index (κ2) is 11.2. The van der Waals surface area contributed by atoms with Crippen LogP contribution in [0.5, 0.6) is 17.2 Å². The number of ether oxygens (including phenoxy) is 3. The van der Waals surface area contributed by atoms with Crippen molar-refractivity contribution in [2.24, 2.45) is 0 Å². The molecular weight excluding hydrogens is 442 g/mol. The molecule has 7 heteroatoms. The number of nitrogens with one attached hydrogen (secondary N) is 1. The average molecular weight is 468 g/mol. The van der Waals surface area contributed by atoms with E-state index < -0.39 is 0 Å². The van der Waals surface area contributed by atoms with E-state index in [0.717, 1.165) is 22.8 Å². The molecule has 5 nitrogen and oxygen atoms in total. The summed E-state index contributed by atoms with van der Waals surface area (Å²) in [5, 5.41) is 2.84. The molecule has 3 aromatic carbocycles. The first-order valence-electron chi connectivity index (χ1n) is 10.3. The summed E-state index contributed by atoms with van der Waals surface area (Å²) in [6.07, 6.45) is 0. The summed E-state index contributed by atoms with van der Waals surface area (Å²) in [7, 11) is 1.61.